The molecule has 0 saturated carbocycles. The van der Waals surface area contributed by atoms with Gasteiger partial charge in [0.2, 0.25) is 0 Å². The molecule has 25 heavy (non-hydrogen) atoms. The molecule has 2 aromatic carbocycles. The van der Waals surface area contributed by atoms with Crippen LogP contribution in [0.3, 0.4) is 0 Å². The van der Waals surface area contributed by atoms with Gasteiger partial charge >= 0.3 is 0 Å². The first kappa shape index (κ1) is 15.8. The minimum atomic E-state index is -0.258. The number of amides is 1. The number of hydrogen-bond acceptors (Lipinski definition) is 5. The zero-order valence-corrected chi connectivity index (χ0v) is 14.8. The number of benzene rings is 2. The summed E-state index contributed by atoms with van der Waals surface area (Å²) in [4.78, 5) is 22.4. The van der Waals surface area contributed by atoms with E-state index in [0.717, 1.165) is 21.3 Å². The second-order valence-corrected chi connectivity index (χ2v) is 7.18. The van der Waals surface area contributed by atoms with Crippen molar-refractivity contribution in [1.29, 1.82) is 0 Å². The number of nitrogens with zero attached hydrogens (tertiary/aromatic N) is 2. The van der Waals surface area contributed by atoms with Crippen molar-refractivity contribution >= 4 is 38.3 Å². The van der Waals surface area contributed by atoms with E-state index < -0.39 is 0 Å². The van der Waals surface area contributed by atoms with Gasteiger partial charge in [0.25, 0.3) is 5.91 Å². The summed E-state index contributed by atoms with van der Waals surface area (Å²) < 4.78 is 1.07. The minimum absolute atomic E-state index is 0.206. The van der Waals surface area contributed by atoms with E-state index >= 15 is 0 Å². The van der Waals surface area contributed by atoms with Crippen molar-refractivity contribution in [2.45, 2.75) is 26.4 Å². The maximum absolute atomic E-state index is 12.5. The first-order chi connectivity index (χ1) is 12.1. The molecule has 0 bridgehead atoms. The third kappa shape index (κ3) is 3.13. The molecule has 2 heterocycles. The van der Waals surface area contributed by atoms with Crippen LogP contribution in [0.4, 0.5) is 5.13 Å². The molecular weight excluding hydrogens is 334 g/mol. The van der Waals surface area contributed by atoms with Gasteiger partial charge in [-0.25, -0.2) is 4.98 Å². The highest BCUT2D eigenvalue weighted by Gasteiger charge is 2.27. The quantitative estimate of drug-likeness (QED) is 0.762. The number of fused-ring (bicyclic) bond motifs is 1. The molecule has 3 aromatic rings. The van der Waals surface area contributed by atoms with Crippen molar-refractivity contribution in [2.24, 2.45) is 5.16 Å². The van der Waals surface area contributed by atoms with E-state index in [9.17, 15) is 4.79 Å². The molecule has 0 aliphatic carbocycles. The van der Waals surface area contributed by atoms with Crippen LogP contribution < -0.4 is 5.32 Å². The predicted octanol–water partition coefficient (Wildman–Crippen LogP) is 4.37. The van der Waals surface area contributed by atoms with Gasteiger partial charge in [-0.15, -0.1) is 0 Å². The fourth-order valence-corrected chi connectivity index (χ4v) is 3.99. The Kier molecular flexibility index (Phi) is 3.97. The minimum Gasteiger partial charge on any atom is -0.387 e. The molecule has 6 heteroatoms. The fraction of sp³-hybridized carbons (Fsp3) is 0.211. The Morgan fingerprint density at radius 2 is 2.04 bits per heavy atom. The zero-order valence-electron chi connectivity index (χ0n) is 13.9. The average Bonchev–Trinajstić information content (AvgIpc) is 3.22. The lowest BCUT2D eigenvalue weighted by molar-refractivity contribution is -0.110. The standard InChI is InChI=1S/C19H17N3O2S/c1-11-8-12(2)17-16(9-11)25-19(20-17)21-18(23)14-10-15(24-22-14)13-6-4-3-5-7-13/h3-9,15H,10H2,1-2H3,(H,20,21,23). The van der Waals surface area contributed by atoms with Crippen LogP contribution in [0.2, 0.25) is 0 Å². The topological polar surface area (TPSA) is 63.6 Å². The first-order valence-corrected chi connectivity index (χ1v) is 8.88. The van der Waals surface area contributed by atoms with E-state index in [1.807, 2.05) is 37.3 Å². The number of hydrogen-bond donors (Lipinski definition) is 1. The van der Waals surface area contributed by atoms with Crippen LogP contribution in [0.15, 0.2) is 47.6 Å². The molecule has 1 aliphatic rings. The fourth-order valence-electron chi connectivity index (χ4n) is 2.95. The van der Waals surface area contributed by atoms with Gasteiger partial charge in [0.05, 0.1) is 10.2 Å². The molecule has 4 rings (SSSR count). The van der Waals surface area contributed by atoms with Gasteiger partial charge in [0.1, 0.15) is 5.71 Å². The first-order valence-electron chi connectivity index (χ1n) is 8.07. The van der Waals surface area contributed by atoms with E-state index in [2.05, 4.69) is 34.5 Å². The molecule has 0 saturated heterocycles. The van der Waals surface area contributed by atoms with Gasteiger partial charge in [-0.2, -0.15) is 0 Å². The third-order valence-electron chi connectivity index (χ3n) is 4.15. The Hall–Kier alpha value is -2.73. The highest BCUT2D eigenvalue weighted by Crippen LogP contribution is 2.30. The number of aromatic nitrogens is 1. The summed E-state index contributed by atoms with van der Waals surface area (Å²) in [5, 5.41) is 7.39. The summed E-state index contributed by atoms with van der Waals surface area (Å²) >= 11 is 1.47. The normalized spacial score (nSPS) is 16.6. The second kappa shape index (κ2) is 6.29. The van der Waals surface area contributed by atoms with Crippen molar-refractivity contribution in [2.75, 3.05) is 5.32 Å². The maximum Gasteiger partial charge on any atom is 0.275 e. The molecule has 1 amide bonds. The van der Waals surface area contributed by atoms with E-state index in [4.69, 9.17) is 4.84 Å². The maximum atomic E-state index is 12.5. The van der Waals surface area contributed by atoms with Crippen molar-refractivity contribution in [3.05, 3.63) is 59.2 Å². The Bertz CT molecular complexity index is 979. The molecule has 126 valence electrons. The number of rotatable bonds is 3. The summed E-state index contributed by atoms with van der Waals surface area (Å²) in [5.41, 5.74) is 4.63. The van der Waals surface area contributed by atoms with Crippen LogP contribution in [-0.4, -0.2) is 16.6 Å². The van der Waals surface area contributed by atoms with Gasteiger partial charge in [0.15, 0.2) is 11.2 Å². The molecule has 0 radical (unpaired) electrons. The van der Waals surface area contributed by atoms with Crippen LogP contribution in [0.1, 0.15) is 29.2 Å². The SMILES string of the molecule is Cc1cc(C)c2nc(NC(=O)C3=NOC(c4ccccc4)C3)sc2c1. The van der Waals surface area contributed by atoms with E-state index in [-0.39, 0.29) is 12.0 Å². The summed E-state index contributed by atoms with van der Waals surface area (Å²) in [6, 6.07) is 14.0. The van der Waals surface area contributed by atoms with Gasteiger partial charge < -0.3 is 4.84 Å². The van der Waals surface area contributed by atoms with Crippen molar-refractivity contribution in [3.63, 3.8) is 0 Å². The predicted molar refractivity (Wildman–Crippen MR) is 100 cm³/mol. The third-order valence-corrected chi connectivity index (χ3v) is 5.07. The van der Waals surface area contributed by atoms with Crippen LogP contribution >= 0.6 is 11.3 Å². The van der Waals surface area contributed by atoms with Crippen LogP contribution in [-0.2, 0) is 9.63 Å². The monoisotopic (exact) mass is 351 g/mol. The lowest BCUT2D eigenvalue weighted by Gasteiger charge is -2.07. The van der Waals surface area contributed by atoms with Crippen LogP contribution in [0.5, 0.6) is 0 Å². The van der Waals surface area contributed by atoms with Gasteiger partial charge in [-0.1, -0.05) is 52.9 Å². The smallest absolute Gasteiger partial charge is 0.275 e. The molecule has 5 nitrogen and oxygen atoms in total. The molecule has 0 fully saturated rings. The summed E-state index contributed by atoms with van der Waals surface area (Å²) in [5.74, 6) is -0.258. The van der Waals surface area contributed by atoms with E-state index in [0.29, 0.717) is 17.3 Å². The number of oxime groups is 1. The number of aryl methyl sites for hydroxylation is 2. The van der Waals surface area contributed by atoms with E-state index in [1.165, 1.54) is 16.9 Å². The summed E-state index contributed by atoms with van der Waals surface area (Å²) in [6.07, 6.45) is 0.251. The van der Waals surface area contributed by atoms with Crippen molar-refractivity contribution < 1.29 is 9.63 Å². The van der Waals surface area contributed by atoms with Gasteiger partial charge in [-0.05, 0) is 36.6 Å². The van der Waals surface area contributed by atoms with E-state index in [1.54, 1.807) is 0 Å². The molecule has 1 unspecified atom stereocenters. The van der Waals surface area contributed by atoms with Crippen molar-refractivity contribution in [1.82, 2.24) is 4.98 Å². The molecule has 1 N–H and O–H groups in total. The number of nitrogens with one attached hydrogen (secondary N) is 1. The molecule has 0 spiro atoms. The highest BCUT2D eigenvalue weighted by molar-refractivity contribution is 7.22. The lowest BCUT2D eigenvalue weighted by atomic mass is 10.0. The van der Waals surface area contributed by atoms with Gasteiger partial charge in [0, 0.05) is 6.42 Å². The molecule has 1 aliphatic heterocycles. The number of carbonyl (C=O) groups excluding carboxylic acids is 1. The second-order valence-electron chi connectivity index (χ2n) is 6.15. The van der Waals surface area contributed by atoms with Crippen molar-refractivity contribution in [3.8, 4) is 0 Å². The molecular formula is C19H17N3O2S. The Morgan fingerprint density at radius 3 is 2.84 bits per heavy atom. The molecule has 1 atom stereocenters. The Morgan fingerprint density at radius 1 is 1.24 bits per heavy atom. The number of anilines is 1. The Labute approximate surface area is 149 Å². The van der Waals surface area contributed by atoms with Crippen LogP contribution in [0, 0.1) is 13.8 Å². The van der Waals surface area contributed by atoms with Crippen LogP contribution in [0.25, 0.3) is 10.2 Å². The van der Waals surface area contributed by atoms with Gasteiger partial charge in [-0.3, -0.25) is 10.1 Å². The number of thiazole rings is 1. The summed E-state index contributed by atoms with van der Waals surface area (Å²) in [7, 11) is 0. The highest BCUT2D eigenvalue weighted by atomic mass is 32.1. The zero-order chi connectivity index (χ0) is 17.4. The lowest BCUT2D eigenvalue weighted by Crippen LogP contribution is -2.21. The average molecular weight is 351 g/mol. The largest absolute Gasteiger partial charge is 0.387 e. The summed E-state index contributed by atoms with van der Waals surface area (Å²) in [6.45, 7) is 4.08. The molecule has 1 aromatic heterocycles. The number of carbonyl (C=O) groups is 1. The Balaban J connectivity index is 1.48.